The molecule has 0 aromatic rings. The van der Waals surface area contributed by atoms with Crippen molar-refractivity contribution in [3.8, 4) is 0 Å². The van der Waals surface area contributed by atoms with Gasteiger partial charge in [0.1, 0.15) is 11.4 Å². The van der Waals surface area contributed by atoms with Crippen LogP contribution in [0.15, 0.2) is 28.3 Å². The number of ketones is 2. The van der Waals surface area contributed by atoms with E-state index in [1.165, 1.54) is 6.08 Å². The molecule has 3 aliphatic heterocycles. The third-order valence-corrected chi connectivity index (χ3v) is 3.78. The number of allylic oxidation sites excluding steroid dienone is 1. The Morgan fingerprint density at radius 1 is 1.04 bits per heavy atom. The van der Waals surface area contributed by atoms with Gasteiger partial charge in [0.2, 0.25) is 11.6 Å². The van der Waals surface area contributed by atoms with Gasteiger partial charge in [0, 0.05) is 56.8 Å². The maximum Gasteiger partial charge on any atom is 0.227 e. The predicted octanol–water partition coefficient (Wildman–Crippen LogP) is -0.564. The van der Waals surface area contributed by atoms with Gasteiger partial charge in [0.25, 0.3) is 0 Å². The van der Waals surface area contributed by atoms with Crippen molar-refractivity contribution >= 4 is 11.6 Å². The number of hydrogen-bond donors (Lipinski definition) is 1. The summed E-state index contributed by atoms with van der Waals surface area (Å²) in [5.41, 5.74) is 14.4. The van der Waals surface area contributed by atoms with Crippen LogP contribution in [0.3, 0.4) is 0 Å². The lowest BCUT2D eigenvalue weighted by molar-refractivity contribution is -0.117. The lowest BCUT2D eigenvalue weighted by Gasteiger charge is -2.21. The van der Waals surface area contributed by atoms with Crippen LogP contribution in [0.1, 0.15) is 0 Å². The zero-order chi connectivity index (χ0) is 16.4. The zero-order valence-corrected chi connectivity index (χ0v) is 12.8. The first-order valence-electron chi connectivity index (χ1n) is 7.68. The van der Waals surface area contributed by atoms with Gasteiger partial charge >= 0.3 is 0 Å². The van der Waals surface area contributed by atoms with E-state index in [1.807, 2.05) is 14.7 Å². The number of Topliss-reactive ketones (excluding diaryl/α,β-unsaturated/α-hetero) is 1. The highest BCUT2D eigenvalue weighted by Crippen LogP contribution is 2.33. The van der Waals surface area contributed by atoms with E-state index in [1.54, 1.807) is 0 Å². The quantitative estimate of drug-likeness (QED) is 0.239. The molecule has 0 bridgehead atoms. The molecule has 23 heavy (non-hydrogen) atoms. The van der Waals surface area contributed by atoms with Gasteiger partial charge in [0.15, 0.2) is 0 Å². The number of hydrogen-bond acceptors (Lipinski definition) is 7. The summed E-state index contributed by atoms with van der Waals surface area (Å²) in [6.07, 6.45) is 1.52. The summed E-state index contributed by atoms with van der Waals surface area (Å²) in [6.45, 7) is 6.24. The summed E-state index contributed by atoms with van der Waals surface area (Å²) >= 11 is 0. The molecule has 3 saturated heterocycles. The van der Waals surface area contributed by atoms with Gasteiger partial charge in [-0.15, -0.1) is 0 Å². The van der Waals surface area contributed by atoms with Gasteiger partial charge in [-0.05, 0) is 12.1 Å². The van der Waals surface area contributed by atoms with Gasteiger partial charge in [-0.25, -0.2) is 0 Å². The van der Waals surface area contributed by atoms with Crippen molar-refractivity contribution in [3.63, 3.8) is 0 Å². The van der Waals surface area contributed by atoms with Gasteiger partial charge in [0.05, 0.1) is 5.70 Å². The Morgan fingerprint density at radius 3 is 2.04 bits per heavy atom. The Balaban J connectivity index is 0.000000227. The molecule has 4 aliphatic rings. The molecular weight excluding hydrogens is 298 g/mol. The summed E-state index contributed by atoms with van der Waals surface area (Å²) in [5, 5.41) is 3.15. The largest absolute Gasteiger partial charge is 0.365 e. The Morgan fingerprint density at radius 2 is 1.61 bits per heavy atom. The predicted molar refractivity (Wildman–Crippen MR) is 82.9 cm³/mol. The Hall–Kier alpha value is -2.51. The number of nitrogens with zero attached hydrogens (tertiary/aromatic N) is 6. The van der Waals surface area contributed by atoms with E-state index in [2.05, 4.69) is 10.0 Å². The molecule has 0 radical (unpaired) electrons. The van der Waals surface area contributed by atoms with Crippen LogP contribution in [0.5, 0.6) is 0 Å². The molecule has 0 amide bonds. The fourth-order valence-corrected chi connectivity index (χ4v) is 2.38. The average Bonchev–Trinajstić information content (AvgIpc) is 3.41. The first kappa shape index (κ1) is 15.4. The molecule has 0 atom stereocenters. The standard InChI is InChI=1S/C12H13N3O2.C2H6N4/c16-9-7-8(13-1-2-13)12(17)11(15-5-6-15)10(9)14-3-4-14;3-1-2-5-6-4/h7H,1-6H2;1-3H2. The normalized spacial score (nSPS) is 21.4. The Kier molecular flexibility index (Phi) is 4.22. The van der Waals surface area contributed by atoms with Crippen LogP contribution < -0.4 is 5.73 Å². The van der Waals surface area contributed by atoms with Gasteiger partial charge < -0.3 is 20.4 Å². The molecule has 0 spiro atoms. The SMILES string of the molecule is O=C1C=C(N2CC2)C(=O)C(N2CC2)=C1N1CC1.[N-]=[N+]=NCCN. The average molecular weight is 317 g/mol. The molecule has 122 valence electrons. The Bertz CT molecular complexity index is 636. The van der Waals surface area contributed by atoms with Crippen LogP contribution >= 0.6 is 0 Å². The number of carbonyl (C=O) groups excluding carboxylic acids is 2. The summed E-state index contributed by atoms with van der Waals surface area (Å²) < 4.78 is 0. The van der Waals surface area contributed by atoms with E-state index in [0.717, 1.165) is 39.3 Å². The summed E-state index contributed by atoms with van der Waals surface area (Å²) in [5.74, 6) is 0.0485. The van der Waals surface area contributed by atoms with Crippen LogP contribution in [0.25, 0.3) is 10.4 Å². The maximum absolute atomic E-state index is 12.4. The van der Waals surface area contributed by atoms with Gasteiger partial charge in [-0.1, -0.05) is 5.11 Å². The van der Waals surface area contributed by atoms with Crippen molar-refractivity contribution in [2.24, 2.45) is 10.8 Å². The highest BCUT2D eigenvalue weighted by Gasteiger charge is 2.43. The van der Waals surface area contributed by atoms with Crippen LogP contribution in [0, 0.1) is 0 Å². The molecule has 0 unspecified atom stereocenters. The van der Waals surface area contributed by atoms with Crippen molar-refractivity contribution in [1.82, 2.24) is 14.7 Å². The second kappa shape index (κ2) is 6.31. The topological polar surface area (TPSA) is 118 Å². The summed E-state index contributed by atoms with van der Waals surface area (Å²) in [4.78, 5) is 32.9. The molecule has 0 aromatic carbocycles. The van der Waals surface area contributed by atoms with Crippen LogP contribution in [-0.4, -0.2) is 78.6 Å². The van der Waals surface area contributed by atoms with Crippen molar-refractivity contribution in [2.45, 2.75) is 0 Å². The molecule has 1 aliphatic carbocycles. The van der Waals surface area contributed by atoms with Crippen molar-refractivity contribution < 1.29 is 9.59 Å². The molecule has 9 nitrogen and oxygen atoms in total. The molecule has 0 aromatic heterocycles. The monoisotopic (exact) mass is 317 g/mol. The second-order valence-electron chi connectivity index (χ2n) is 5.62. The fraction of sp³-hybridized carbons (Fsp3) is 0.571. The van der Waals surface area contributed by atoms with E-state index in [-0.39, 0.29) is 11.6 Å². The molecule has 3 fully saturated rings. The molecule has 3 heterocycles. The lowest BCUT2D eigenvalue weighted by atomic mass is 10.0. The summed E-state index contributed by atoms with van der Waals surface area (Å²) in [7, 11) is 0. The fourth-order valence-electron chi connectivity index (χ4n) is 2.38. The lowest BCUT2D eigenvalue weighted by Crippen LogP contribution is -2.29. The van der Waals surface area contributed by atoms with E-state index in [0.29, 0.717) is 30.2 Å². The third-order valence-electron chi connectivity index (χ3n) is 3.78. The molecule has 0 saturated carbocycles. The second-order valence-corrected chi connectivity index (χ2v) is 5.62. The molecule has 4 rings (SSSR count). The van der Waals surface area contributed by atoms with E-state index >= 15 is 0 Å². The first-order valence-corrected chi connectivity index (χ1v) is 7.68. The first-order chi connectivity index (χ1) is 11.2. The van der Waals surface area contributed by atoms with Gasteiger partial charge in [-0.2, -0.15) is 0 Å². The van der Waals surface area contributed by atoms with Crippen molar-refractivity contribution in [1.29, 1.82) is 0 Å². The highest BCUT2D eigenvalue weighted by atomic mass is 16.1. The minimum absolute atomic E-state index is 0.00546. The number of nitrogens with two attached hydrogens (primary N) is 1. The Labute approximate surface area is 133 Å². The van der Waals surface area contributed by atoms with Gasteiger partial charge in [-0.3, -0.25) is 9.59 Å². The van der Waals surface area contributed by atoms with Crippen LogP contribution in [-0.2, 0) is 9.59 Å². The van der Waals surface area contributed by atoms with E-state index in [4.69, 9.17) is 11.3 Å². The molecule has 9 heteroatoms. The minimum Gasteiger partial charge on any atom is -0.365 e. The molecule has 2 N–H and O–H groups in total. The molecular formula is C14H19N7O2. The highest BCUT2D eigenvalue weighted by molar-refractivity contribution is 6.22. The van der Waals surface area contributed by atoms with Crippen molar-refractivity contribution in [3.05, 3.63) is 33.6 Å². The number of carbonyl (C=O) groups is 2. The zero-order valence-electron chi connectivity index (χ0n) is 12.8. The minimum atomic E-state index is 0.00546. The van der Waals surface area contributed by atoms with E-state index in [9.17, 15) is 9.59 Å². The number of rotatable bonds is 5. The van der Waals surface area contributed by atoms with Crippen LogP contribution in [0.4, 0.5) is 0 Å². The van der Waals surface area contributed by atoms with Crippen LogP contribution in [0.2, 0.25) is 0 Å². The van der Waals surface area contributed by atoms with E-state index < -0.39 is 0 Å². The number of azide groups is 1. The summed E-state index contributed by atoms with van der Waals surface area (Å²) in [6, 6.07) is 0. The third kappa shape index (κ3) is 3.46. The van der Waals surface area contributed by atoms with Crippen molar-refractivity contribution in [2.75, 3.05) is 52.4 Å². The smallest absolute Gasteiger partial charge is 0.227 e. The maximum atomic E-state index is 12.4.